The highest BCUT2D eigenvalue weighted by atomic mass is 15.2. The van der Waals surface area contributed by atoms with Gasteiger partial charge in [0.1, 0.15) is 0 Å². The standard InChI is InChI=1S/C73H51N3/c1-6-22-52(23-7-1)53-40-44-62(45-41-53)74(63-34-20-24-54(48-63)56-43-47-70-66(50-56)65-36-16-18-38-69(65)75(70)60-30-12-4-13-31-60)64-35-21-25-55(49-64)57-42-46-68-72(51-57)76(61-32-14-5-15-33-61)71-39-19-17-37-67(71)73(68,58-26-8-2-9-27-58)59-28-10-3-11-29-59/h1-51H. The number of nitrogens with zero attached hydrogens (tertiary/aromatic N) is 3. The quantitative estimate of drug-likeness (QED) is 0.135. The Labute approximate surface area is 444 Å². The molecule has 76 heavy (non-hydrogen) atoms. The van der Waals surface area contributed by atoms with Crippen molar-refractivity contribution in [2.75, 3.05) is 9.80 Å². The summed E-state index contributed by atoms with van der Waals surface area (Å²) in [6.07, 6.45) is 0. The molecule has 14 rings (SSSR count). The zero-order chi connectivity index (χ0) is 50.4. The molecule has 0 amide bonds. The molecule has 0 atom stereocenters. The molecule has 0 radical (unpaired) electrons. The second-order valence-electron chi connectivity index (χ2n) is 19.7. The van der Waals surface area contributed by atoms with Crippen LogP contribution in [0.5, 0.6) is 0 Å². The largest absolute Gasteiger partial charge is 0.310 e. The van der Waals surface area contributed by atoms with Crippen LogP contribution >= 0.6 is 0 Å². The zero-order valence-electron chi connectivity index (χ0n) is 41.8. The van der Waals surface area contributed by atoms with Crippen molar-refractivity contribution in [1.82, 2.24) is 4.57 Å². The molecule has 0 aliphatic carbocycles. The molecule has 0 bridgehead atoms. The number of rotatable bonds is 10. The van der Waals surface area contributed by atoms with Crippen LogP contribution in [0.3, 0.4) is 0 Å². The minimum Gasteiger partial charge on any atom is -0.310 e. The third-order valence-electron chi connectivity index (χ3n) is 15.4. The van der Waals surface area contributed by atoms with E-state index >= 15 is 0 Å². The van der Waals surface area contributed by atoms with Crippen LogP contribution in [0.25, 0.3) is 60.9 Å². The van der Waals surface area contributed by atoms with Gasteiger partial charge in [0.2, 0.25) is 0 Å². The highest BCUT2D eigenvalue weighted by Gasteiger charge is 2.46. The molecule has 358 valence electrons. The van der Waals surface area contributed by atoms with Crippen LogP contribution in [0, 0.1) is 0 Å². The first-order valence-electron chi connectivity index (χ1n) is 26.2. The Hall–Kier alpha value is -9.96. The van der Waals surface area contributed by atoms with Crippen molar-refractivity contribution in [2.45, 2.75) is 5.41 Å². The van der Waals surface area contributed by atoms with Crippen LogP contribution in [0.15, 0.2) is 309 Å². The van der Waals surface area contributed by atoms with Crippen molar-refractivity contribution in [3.63, 3.8) is 0 Å². The van der Waals surface area contributed by atoms with Crippen molar-refractivity contribution in [3.05, 3.63) is 332 Å². The minimum atomic E-state index is -0.586. The van der Waals surface area contributed by atoms with E-state index in [1.54, 1.807) is 0 Å². The molecule has 0 spiro atoms. The lowest BCUT2D eigenvalue weighted by Crippen LogP contribution is -2.37. The second-order valence-corrected chi connectivity index (χ2v) is 19.7. The maximum atomic E-state index is 2.46. The van der Waals surface area contributed by atoms with Crippen LogP contribution in [-0.4, -0.2) is 4.57 Å². The van der Waals surface area contributed by atoms with E-state index in [1.807, 2.05) is 0 Å². The Bertz CT molecular complexity index is 4170. The molecule has 2 heterocycles. The SMILES string of the molecule is c1ccc(-c2ccc(N(c3cccc(-c4ccc5c(c4)N(c4ccccc4)c4ccccc4C5(c4ccccc4)c4ccccc4)c3)c3cccc(-c4ccc5c(c4)c4ccccc4n5-c4ccccc4)c3)cc2)cc1. The molecule has 0 saturated heterocycles. The molecule has 3 nitrogen and oxygen atoms in total. The van der Waals surface area contributed by atoms with Gasteiger partial charge in [-0.2, -0.15) is 0 Å². The summed E-state index contributed by atoms with van der Waals surface area (Å²) in [7, 11) is 0. The molecule has 1 aliphatic rings. The Kier molecular flexibility index (Phi) is 11.1. The molecule has 1 aromatic heterocycles. The molecule has 0 unspecified atom stereocenters. The van der Waals surface area contributed by atoms with Gasteiger partial charge in [-0.25, -0.2) is 0 Å². The van der Waals surface area contributed by atoms with Gasteiger partial charge >= 0.3 is 0 Å². The van der Waals surface area contributed by atoms with Gasteiger partial charge in [-0.3, -0.25) is 0 Å². The lowest BCUT2D eigenvalue weighted by molar-refractivity contribution is 0.731. The summed E-state index contributed by atoms with van der Waals surface area (Å²) in [4.78, 5) is 4.87. The highest BCUT2D eigenvalue weighted by Crippen LogP contribution is 2.58. The maximum Gasteiger partial charge on any atom is 0.0742 e. The first-order valence-corrected chi connectivity index (χ1v) is 26.2. The van der Waals surface area contributed by atoms with Gasteiger partial charge in [-0.15, -0.1) is 0 Å². The average molecular weight is 970 g/mol. The summed E-state index contributed by atoms with van der Waals surface area (Å²) in [5, 5.41) is 2.47. The summed E-state index contributed by atoms with van der Waals surface area (Å²) < 4.78 is 2.38. The summed E-state index contributed by atoms with van der Waals surface area (Å²) >= 11 is 0. The second kappa shape index (κ2) is 18.8. The number of benzene rings is 12. The minimum absolute atomic E-state index is 0.586. The normalized spacial score (nSPS) is 12.6. The number of aromatic nitrogens is 1. The Morgan fingerprint density at radius 1 is 0.263 bits per heavy atom. The van der Waals surface area contributed by atoms with Gasteiger partial charge in [-0.1, -0.05) is 218 Å². The predicted molar refractivity (Wildman–Crippen MR) is 318 cm³/mol. The van der Waals surface area contributed by atoms with Crippen molar-refractivity contribution in [2.24, 2.45) is 0 Å². The molecule has 13 aromatic rings. The van der Waals surface area contributed by atoms with Gasteiger partial charge in [0.25, 0.3) is 0 Å². The summed E-state index contributed by atoms with van der Waals surface area (Å²) in [6.45, 7) is 0. The van der Waals surface area contributed by atoms with E-state index in [2.05, 4.69) is 324 Å². The van der Waals surface area contributed by atoms with Crippen molar-refractivity contribution >= 4 is 55.9 Å². The molecular formula is C73H51N3. The van der Waals surface area contributed by atoms with Crippen LogP contribution < -0.4 is 9.80 Å². The monoisotopic (exact) mass is 969 g/mol. The number of para-hydroxylation sites is 4. The van der Waals surface area contributed by atoms with Crippen LogP contribution in [0.1, 0.15) is 22.3 Å². The molecular weight excluding hydrogens is 919 g/mol. The van der Waals surface area contributed by atoms with E-state index in [1.165, 1.54) is 60.8 Å². The van der Waals surface area contributed by atoms with E-state index in [-0.39, 0.29) is 0 Å². The smallest absolute Gasteiger partial charge is 0.0742 e. The van der Waals surface area contributed by atoms with E-state index in [0.717, 1.165) is 56.5 Å². The molecule has 3 heteroatoms. The first kappa shape index (κ1) is 44.7. The molecule has 0 fully saturated rings. The van der Waals surface area contributed by atoms with E-state index in [0.29, 0.717) is 0 Å². The molecule has 12 aromatic carbocycles. The lowest BCUT2D eigenvalue weighted by Gasteiger charge is -2.46. The summed E-state index contributed by atoms with van der Waals surface area (Å²) in [5.41, 5.74) is 21.4. The zero-order valence-corrected chi connectivity index (χ0v) is 41.8. The topological polar surface area (TPSA) is 11.4 Å². The first-order chi connectivity index (χ1) is 37.7. The fraction of sp³-hybridized carbons (Fsp3) is 0.0137. The van der Waals surface area contributed by atoms with E-state index in [4.69, 9.17) is 0 Å². The number of hydrogen-bond donors (Lipinski definition) is 0. The Morgan fingerprint density at radius 2 is 0.724 bits per heavy atom. The maximum absolute atomic E-state index is 2.46. The average Bonchev–Trinajstić information content (AvgIpc) is 3.97. The fourth-order valence-corrected chi connectivity index (χ4v) is 12.0. The van der Waals surface area contributed by atoms with Crippen molar-refractivity contribution in [3.8, 4) is 39.1 Å². The van der Waals surface area contributed by atoms with Crippen LogP contribution in [0.4, 0.5) is 34.1 Å². The van der Waals surface area contributed by atoms with Gasteiger partial charge in [-0.05, 0) is 147 Å². The highest BCUT2D eigenvalue weighted by molar-refractivity contribution is 6.10. The molecule has 0 saturated carbocycles. The summed E-state index contributed by atoms with van der Waals surface area (Å²) in [5.74, 6) is 0. The third kappa shape index (κ3) is 7.51. The van der Waals surface area contributed by atoms with Crippen molar-refractivity contribution in [1.29, 1.82) is 0 Å². The van der Waals surface area contributed by atoms with Gasteiger partial charge in [0, 0.05) is 39.2 Å². The van der Waals surface area contributed by atoms with Gasteiger partial charge in [0.15, 0.2) is 0 Å². The third-order valence-corrected chi connectivity index (χ3v) is 15.4. The fourth-order valence-electron chi connectivity index (χ4n) is 12.0. The molecule has 1 aliphatic heterocycles. The summed E-state index contributed by atoms with van der Waals surface area (Å²) in [6, 6.07) is 113. The van der Waals surface area contributed by atoms with E-state index < -0.39 is 5.41 Å². The van der Waals surface area contributed by atoms with Gasteiger partial charge < -0.3 is 14.4 Å². The van der Waals surface area contributed by atoms with Gasteiger partial charge in [0.05, 0.1) is 27.8 Å². The molecule has 0 N–H and O–H groups in total. The van der Waals surface area contributed by atoms with Crippen LogP contribution in [-0.2, 0) is 5.41 Å². The van der Waals surface area contributed by atoms with Crippen molar-refractivity contribution < 1.29 is 0 Å². The van der Waals surface area contributed by atoms with Crippen LogP contribution in [0.2, 0.25) is 0 Å². The number of anilines is 6. The predicted octanol–water partition coefficient (Wildman–Crippen LogP) is 19.4. The number of fused-ring (bicyclic) bond motifs is 5. The Morgan fingerprint density at radius 3 is 1.38 bits per heavy atom. The lowest BCUT2D eigenvalue weighted by atomic mass is 9.62. The van der Waals surface area contributed by atoms with E-state index in [9.17, 15) is 0 Å². The Balaban J connectivity index is 0.928. The number of hydrogen-bond acceptors (Lipinski definition) is 2.